The molecule has 0 spiro atoms. The van der Waals surface area contributed by atoms with Gasteiger partial charge >= 0.3 is 5.97 Å². The number of nitrogens with zero attached hydrogens (tertiary/aromatic N) is 2. The molecule has 0 aliphatic heterocycles. The lowest BCUT2D eigenvalue weighted by Crippen LogP contribution is -2.27. The van der Waals surface area contributed by atoms with Crippen LogP contribution >= 0.6 is 0 Å². The molecule has 0 amide bonds. The van der Waals surface area contributed by atoms with Crippen LogP contribution in [0.2, 0.25) is 0 Å². The van der Waals surface area contributed by atoms with Crippen LogP contribution in [0.15, 0.2) is 6.20 Å². The third-order valence-electron chi connectivity index (χ3n) is 3.19. The van der Waals surface area contributed by atoms with Gasteiger partial charge in [0, 0.05) is 13.3 Å². The number of carbonyl (C=O) groups is 1. The first-order valence-corrected chi connectivity index (χ1v) is 6.01. The van der Waals surface area contributed by atoms with Crippen molar-refractivity contribution >= 4 is 5.97 Å². The topological polar surface area (TPSA) is 72.3 Å². The van der Waals surface area contributed by atoms with Crippen LogP contribution in [0, 0.1) is 0 Å². The molecule has 0 bridgehead atoms. The molecule has 1 aromatic rings. The van der Waals surface area contributed by atoms with Gasteiger partial charge in [0.1, 0.15) is 5.60 Å². The van der Waals surface area contributed by atoms with Crippen molar-refractivity contribution in [2.24, 2.45) is 0 Å². The molecule has 1 aromatic heterocycles. The number of aromatic carboxylic acids is 1. The van der Waals surface area contributed by atoms with Gasteiger partial charge in [0.25, 0.3) is 0 Å². The molecule has 0 aliphatic carbocycles. The molecule has 100 valence electrons. The van der Waals surface area contributed by atoms with Gasteiger partial charge in [-0.25, -0.2) is 14.8 Å². The van der Waals surface area contributed by atoms with Crippen molar-refractivity contribution in [3.8, 4) is 0 Å². The monoisotopic (exact) mass is 252 g/mol. The summed E-state index contributed by atoms with van der Waals surface area (Å²) in [5.41, 5.74) is 0.119. The van der Waals surface area contributed by atoms with Crippen molar-refractivity contribution in [1.82, 2.24) is 9.97 Å². The van der Waals surface area contributed by atoms with Gasteiger partial charge in [-0.05, 0) is 19.3 Å². The fourth-order valence-electron chi connectivity index (χ4n) is 1.65. The zero-order valence-corrected chi connectivity index (χ0v) is 11.5. The summed E-state index contributed by atoms with van der Waals surface area (Å²) in [4.78, 5) is 19.6. The maximum atomic E-state index is 11.1. The molecule has 1 rings (SSSR count). The van der Waals surface area contributed by atoms with Crippen molar-refractivity contribution in [1.29, 1.82) is 0 Å². The fourth-order valence-corrected chi connectivity index (χ4v) is 1.65. The quantitative estimate of drug-likeness (QED) is 0.871. The van der Waals surface area contributed by atoms with Gasteiger partial charge in [0.15, 0.2) is 5.82 Å². The molecule has 0 saturated heterocycles. The standard InChI is InChI=1S/C13H20N2O3/c1-6-13(4,18-5)12-14-7-9(11(16)17)10(15-12)8(2)3/h7-8H,6H2,1-5H3,(H,16,17). The van der Waals surface area contributed by atoms with Crippen molar-refractivity contribution in [2.75, 3.05) is 7.11 Å². The van der Waals surface area contributed by atoms with E-state index < -0.39 is 11.6 Å². The summed E-state index contributed by atoms with van der Waals surface area (Å²) in [5.74, 6) is -0.446. The van der Waals surface area contributed by atoms with Crippen molar-refractivity contribution in [3.05, 3.63) is 23.3 Å². The van der Waals surface area contributed by atoms with Crippen LogP contribution in [-0.4, -0.2) is 28.2 Å². The lowest BCUT2D eigenvalue weighted by molar-refractivity contribution is -0.00927. The van der Waals surface area contributed by atoms with E-state index in [1.54, 1.807) is 7.11 Å². The maximum Gasteiger partial charge on any atom is 0.339 e. The van der Waals surface area contributed by atoms with Crippen LogP contribution in [0.3, 0.4) is 0 Å². The Labute approximate surface area is 107 Å². The van der Waals surface area contributed by atoms with E-state index in [0.29, 0.717) is 17.9 Å². The normalized spacial score (nSPS) is 14.6. The lowest BCUT2D eigenvalue weighted by atomic mass is 10.00. The first-order chi connectivity index (χ1) is 8.35. The average molecular weight is 252 g/mol. The minimum absolute atomic E-state index is 0.0239. The smallest absolute Gasteiger partial charge is 0.339 e. The molecule has 0 radical (unpaired) electrons. The second kappa shape index (κ2) is 5.44. The number of ether oxygens (including phenoxy) is 1. The first kappa shape index (κ1) is 14.6. The maximum absolute atomic E-state index is 11.1. The van der Waals surface area contributed by atoms with Crippen molar-refractivity contribution < 1.29 is 14.6 Å². The van der Waals surface area contributed by atoms with E-state index in [0.717, 1.165) is 0 Å². The molecule has 0 saturated carbocycles. The summed E-state index contributed by atoms with van der Waals surface area (Å²) in [7, 11) is 1.60. The van der Waals surface area contributed by atoms with E-state index >= 15 is 0 Å². The Bertz CT molecular complexity index is 440. The van der Waals surface area contributed by atoms with Crippen LogP contribution < -0.4 is 0 Å². The third-order valence-corrected chi connectivity index (χ3v) is 3.19. The molecule has 1 unspecified atom stereocenters. The van der Waals surface area contributed by atoms with E-state index in [4.69, 9.17) is 9.84 Å². The molecule has 0 aliphatic rings. The van der Waals surface area contributed by atoms with E-state index in [2.05, 4.69) is 9.97 Å². The molecular weight excluding hydrogens is 232 g/mol. The molecular formula is C13H20N2O3. The van der Waals surface area contributed by atoms with Crippen LogP contribution in [0.4, 0.5) is 0 Å². The SMILES string of the molecule is CCC(C)(OC)c1ncc(C(=O)O)c(C(C)C)n1. The minimum Gasteiger partial charge on any atom is -0.478 e. The molecule has 0 fully saturated rings. The summed E-state index contributed by atoms with van der Waals surface area (Å²) in [6.45, 7) is 7.70. The van der Waals surface area contributed by atoms with E-state index in [9.17, 15) is 4.79 Å². The predicted molar refractivity (Wildman–Crippen MR) is 67.7 cm³/mol. The number of hydrogen-bond donors (Lipinski definition) is 1. The van der Waals surface area contributed by atoms with Gasteiger partial charge in [-0.1, -0.05) is 20.8 Å². The predicted octanol–water partition coefficient (Wildman–Crippen LogP) is 2.57. The molecule has 1 atom stereocenters. The number of rotatable bonds is 5. The number of methoxy groups -OCH3 is 1. The average Bonchev–Trinajstić information content (AvgIpc) is 2.36. The molecule has 0 aromatic carbocycles. The Hall–Kier alpha value is -1.49. The van der Waals surface area contributed by atoms with Gasteiger partial charge in [0.05, 0.1) is 11.3 Å². The fraction of sp³-hybridized carbons (Fsp3) is 0.615. The van der Waals surface area contributed by atoms with Crippen LogP contribution in [-0.2, 0) is 10.3 Å². The molecule has 18 heavy (non-hydrogen) atoms. The summed E-state index contributed by atoms with van der Waals surface area (Å²) in [6, 6.07) is 0. The number of carboxylic acid groups (broad SMARTS) is 1. The highest BCUT2D eigenvalue weighted by Crippen LogP contribution is 2.27. The highest BCUT2D eigenvalue weighted by molar-refractivity contribution is 5.88. The van der Waals surface area contributed by atoms with Gasteiger partial charge < -0.3 is 9.84 Å². The third kappa shape index (κ3) is 2.67. The minimum atomic E-state index is -0.999. The van der Waals surface area contributed by atoms with Gasteiger partial charge in [-0.3, -0.25) is 0 Å². The van der Waals surface area contributed by atoms with Crippen molar-refractivity contribution in [2.45, 2.75) is 45.6 Å². The molecule has 5 nitrogen and oxygen atoms in total. The molecule has 1 heterocycles. The largest absolute Gasteiger partial charge is 0.478 e. The van der Waals surface area contributed by atoms with Gasteiger partial charge in [0.2, 0.25) is 0 Å². The summed E-state index contributed by atoms with van der Waals surface area (Å²) in [6.07, 6.45) is 2.08. The Morgan fingerprint density at radius 1 is 1.56 bits per heavy atom. The van der Waals surface area contributed by atoms with Gasteiger partial charge in [-0.15, -0.1) is 0 Å². The Morgan fingerprint density at radius 3 is 2.56 bits per heavy atom. The molecule has 5 heteroatoms. The number of aromatic nitrogens is 2. The lowest BCUT2D eigenvalue weighted by Gasteiger charge is -2.25. The van der Waals surface area contributed by atoms with Gasteiger partial charge in [-0.2, -0.15) is 0 Å². The van der Waals surface area contributed by atoms with E-state index in [-0.39, 0.29) is 11.5 Å². The second-order valence-corrected chi connectivity index (χ2v) is 4.74. The Kier molecular flexibility index (Phi) is 4.40. The number of hydrogen-bond acceptors (Lipinski definition) is 4. The van der Waals surface area contributed by atoms with Crippen LogP contribution in [0.25, 0.3) is 0 Å². The summed E-state index contributed by atoms with van der Waals surface area (Å²) < 4.78 is 5.44. The Balaban J connectivity index is 3.35. The zero-order valence-electron chi connectivity index (χ0n) is 11.5. The Morgan fingerprint density at radius 2 is 2.17 bits per heavy atom. The zero-order chi connectivity index (χ0) is 13.9. The molecule has 1 N–H and O–H groups in total. The van der Waals surface area contributed by atoms with E-state index in [1.807, 2.05) is 27.7 Å². The van der Waals surface area contributed by atoms with E-state index in [1.165, 1.54) is 6.20 Å². The van der Waals surface area contributed by atoms with Crippen LogP contribution in [0.5, 0.6) is 0 Å². The number of carboxylic acids is 1. The highest BCUT2D eigenvalue weighted by Gasteiger charge is 2.29. The summed E-state index contributed by atoms with van der Waals surface area (Å²) in [5, 5.41) is 9.11. The van der Waals surface area contributed by atoms with Crippen molar-refractivity contribution in [3.63, 3.8) is 0 Å². The highest BCUT2D eigenvalue weighted by atomic mass is 16.5. The van der Waals surface area contributed by atoms with Crippen LogP contribution in [0.1, 0.15) is 61.9 Å². The second-order valence-electron chi connectivity index (χ2n) is 4.74. The first-order valence-electron chi connectivity index (χ1n) is 6.01. The summed E-state index contributed by atoms with van der Waals surface area (Å²) >= 11 is 0.